The molecule has 0 aromatic carbocycles. The molecule has 1 aromatic heterocycles. The molecule has 0 atom stereocenters. The second-order valence-electron chi connectivity index (χ2n) is 4.80. The lowest BCUT2D eigenvalue weighted by atomic mass is 10.0. The van der Waals surface area contributed by atoms with Crippen molar-refractivity contribution in [2.75, 3.05) is 0 Å². The van der Waals surface area contributed by atoms with Gasteiger partial charge in [-0.3, -0.25) is 4.79 Å². The van der Waals surface area contributed by atoms with E-state index in [4.69, 9.17) is 5.14 Å². The molecule has 102 valence electrons. The van der Waals surface area contributed by atoms with Gasteiger partial charge in [-0.2, -0.15) is 0 Å². The number of carbonyl (C=O) groups is 1. The molecule has 0 aliphatic carbocycles. The minimum atomic E-state index is -3.76. The summed E-state index contributed by atoms with van der Waals surface area (Å²) >= 11 is 0.971. The Bertz CT molecular complexity index is 559. The van der Waals surface area contributed by atoms with E-state index in [1.807, 2.05) is 20.8 Å². The van der Waals surface area contributed by atoms with Crippen molar-refractivity contribution >= 4 is 27.3 Å². The van der Waals surface area contributed by atoms with Gasteiger partial charge in [0.2, 0.25) is 10.0 Å². The lowest BCUT2D eigenvalue weighted by Gasteiger charge is -2.24. The molecule has 0 bridgehead atoms. The van der Waals surface area contributed by atoms with Gasteiger partial charge >= 0.3 is 0 Å². The molecule has 1 amide bonds. The van der Waals surface area contributed by atoms with Crippen LogP contribution in [0.3, 0.4) is 0 Å². The van der Waals surface area contributed by atoms with Crippen LogP contribution in [0.2, 0.25) is 0 Å². The molecule has 18 heavy (non-hydrogen) atoms. The first kappa shape index (κ1) is 15.1. The van der Waals surface area contributed by atoms with E-state index in [0.29, 0.717) is 11.1 Å². The quantitative estimate of drug-likeness (QED) is 0.883. The van der Waals surface area contributed by atoms with E-state index in [9.17, 15) is 13.2 Å². The highest BCUT2D eigenvalue weighted by atomic mass is 32.2. The fraction of sp³-hybridized carbons (Fsp3) is 0.545. The van der Waals surface area contributed by atoms with Gasteiger partial charge in [0.05, 0.1) is 5.56 Å². The maximum atomic E-state index is 12.0. The maximum absolute atomic E-state index is 12.0. The van der Waals surface area contributed by atoms with Gasteiger partial charge in [-0.25, -0.2) is 13.6 Å². The standard InChI is InChI=1S/C11H18N2O3S2/c1-5-11(3,4)13-9(14)8-6-17-10(7(8)2)18(12,15)16/h6H,5H2,1-4H3,(H,13,14)(H2,12,15,16). The Kier molecular flexibility index (Phi) is 4.19. The minimum Gasteiger partial charge on any atom is -0.347 e. The van der Waals surface area contributed by atoms with E-state index in [2.05, 4.69) is 5.32 Å². The molecule has 0 fully saturated rings. The van der Waals surface area contributed by atoms with Crippen molar-refractivity contribution in [1.29, 1.82) is 0 Å². The lowest BCUT2D eigenvalue weighted by Crippen LogP contribution is -2.42. The zero-order valence-electron chi connectivity index (χ0n) is 10.9. The number of sulfonamides is 1. The third-order valence-electron chi connectivity index (χ3n) is 2.83. The summed E-state index contributed by atoms with van der Waals surface area (Å²) in [5, 5.41) is 9.46. The first-order chi connectivity index (χ1) is 8.08. The second-order valence-corrected chi connectivity index (χ2v) is 7.43. The molecule has 0 aliphatic rings. The summed E-state index contributed by atoms with van der Waals surface area (Å²) in [6.45, 7) is 7.38. The lowest BCUT2D eigenvalue weighted by molar-refractivity contribution is 0.0911. The van der Waals surface area contributed by atoms with Crippen LogP contribution in [0.5, 0.6) is 0 Å². The van der Waals surface area contributed by atoms with Gasteiger partial charge in [0.1, 0.15) is 4.21 Å². The van der Waals surface area contributed by atoms with E-state index in [1.165, 1.54) is 5.38 Å². The zero-order chi connectivity index (χ0) is 14.1. The number of rotatable bonds is 4. The van der Waals surface area contributed by atoms with E-state index < -0.39 is 10.0 Å². The van der Waals surface area contributed by atoms with Crippen molar-refractivity contribution in [3.05, 3.63) is 16.5 Å². The first-order valence-electron chi connectivity index (χ1n) is 5.52. The van der Waals surface area contributed by atoms with Gasteiger partial charge in [-0.15, -0.1) is 11.3 Å². The summed E-state index contributed by atoms with van der Waals surface area (Å²) in [4.78, 5) is 12.0. The molecule has 1 aromatic rings. The highest BCUT2D eigenvalue weighted by Gasteiger charge is 2.24. The number of nitrogens with two attached hydrogens (primary N) is 1. The Morgan fingerprint density at radius 1 is 1.50 bits per heavy atom. The fourth-order valence-electron chi connectivity index (χ4n) is 1.37. The fourth-order valence-corrected chi connectivity index (χ4v) is 3.38. The largest absolute Gasteiger partial charge is 0.347 e. The van der Waals surface area contributed by atoms with Gasteiger partial charge in [0.15, 0.2) is 0 Å². The normalized spacial score (nSPS) is 12.5. The number of carbonyl (C=O) groups excluding carboxylic acids is 1. The Hall–Kier alpha value is -0.920. The summed E-state index contributed by atoms with van der Waals surface area (Å²) < 4.78 is 22.6. The monoisotopic (exact) mass is 290 g/mol. The van der Waals surface area contributed by atoms with E-state index in [-0.39, 0.29) is 15.7 Å². The van der Waals surface area contributed by atoms with Crippen molar-refractivity contribution in [3.8, 4) is 0 Å². The van der Waals surface area contributed by atoms with E-state index >= 15 is 0 Å². The van der Waals surface area contributed by atoms with Crippen LogP contribution in [0, 0.1) is 6.92 Å². The second kappa shape index (κ2) is 4.99. The minimum absolute atomic E-state index is 0.0435. The maximum Gasteiger partial charge on any atom is 0.252 e. The van der Waals surface area contributed by atoms with Gasteiger partial charge in [0.25, 0.3) is 5.91 Å². The van der Waals surface area contributed by atoms with Crippen LogP contribution in [-0.4, -0.2) is 19.9 Å². The Labute approximate surface area is 111 Å². The smallest absolute Gasteiger partial charge is 0.252 e. The van der Waals surface area contributed by atoms with Gasteiger partial charge < -0.3 is 5.32 Å². The van der Waals surface area contributed by atoms with Gasteiger partial charge in [-0.1, -0.05) is 6.92 Å². The van der Waals surface area contributed by atoms with Crippen molar-refractivity contribution in [2.24, 2.45) is 5.14 Å². The average molecular weight is 290 g/mol. The summed E-state index contributed by atoms with van der Waals surface area (Å²) in [5.74, 6) is -0.273. The average Bonchev–Trinajstić information content (AvgIpc) is 2.59. The van der Waals surface area contributed by atoms with Gasteiger partial charge in [-0.05, 0) is 32.8 Å². The highest BCUT2D eigenvalue weighted by molar-refractivity contribution is 7.91. The molecule has 1 rings (SSSR count). The molecule has 0 aliphatic heterocycles. The molecule has 0 saturated carbocycles. The molecule has 1 heterocycles. The van der Waals surface area contributed by atoms with Crippen LogP contribution < -0.4 is 10.5 Å². The molecule has 0 saturated heterocycles. The molecule has 5 nitrogen and oxygen atoms in total. The molecule has 0 spiro atoms. The van der Waals surface area contributed by atoms with E-state index in [0.717, 1.165) is 17.8 Å². The Morgan fingerprint density at radius 2 is 2.06 bits per heavy atom. The topological polar surface area (TPSA) is 89.3 Å². The van der Waals surface area contributed by atoms with E-state index in [1.54, 1.807) is 6.92 Å². The zero-order valence-corrected chi connectivity index (χ0v) is 12.5. The molecular formula is C11H18N2O3S2. The van der Waals surface area contributed by atoms with Gasteiger partial charge in [0, 0.05) is 10.9 Å². The molecular weight excluding hydrogens is 272 g/mol. The number of amides is 1. The van der Waals surface area contributed by atoms with Crippen LogP contribution in [-0.2, 0) is 10.0 Å². The first-order valence-corrected chi connectivity index (χ1v) is 7.94. The number of hydrogen-bond donors (Lipinski definition) is 2. The third-order valence-corrected chi connectivity index (χ3v) is 5.52. The number of primary sulfonamides is 1. The molecule has 0 radical (unpaired) electrons. The summed E-state index contributed by atoms with van der Waals surface area (Å²) in [6.07, 6.45) is 0.782. The van der Waals surface area contributed by atoms with Crippen molar-refractivity contribution < 1.29 is 13.2 Å². The molecule has 3 N–H and O–H groups in total. The van der Waals surface area contributed by atoms with Crippen LogP contribution in [0.15, 0.2) is 9.59 Å². The summed E-state index contributed by atoms with van der Waals surface area (Å²) in [7, 11) is -3.76. The van der Waals surface area contributed by atoms with Crippen molar-refractivity contribution in [2.45, 2.75) is 43.9 Å². The van der Waals surface area contributed by atoms with Crippen molar-refractivity contribution in [3.63, 3.8) is 0 Å². The Morgan fingerprint density at radius 3 is 2.44 bits per heavy atom. The molecule has 0 unspecified atom stereocenters. The summed E-state index contributed by atoms with van der Waals surface area (Å²) in [5.41, 5.74) is 0.449. The number of thiophene rings is 1. The highest BCUT2D eigenvalue weighted by Crippen LogP contribution is 2.25. The summed E-state index contributed by atoms with van der Waals surface area (Å²) in [6, 6.07) is 0. The van der Waals surface area contributed by atoms with Crippen LogP contribution >= 0.6 is 11.3 Å². The predicted octanol–water partition coefficient (Wildman–Crippen LogP) is 1.62. The third kappa shape index (κ3) is 3.30. The van der Waals surface area contributed by atoms with Crippen LogP contribution in [0.25, 0.3) is 0 Å². The molecule has 7 heteroatoms. The number of nitrogens with one attached hydrogen (secondary N) is 1. The Balaban J connectivity index is 3.07. The van der Waals surface area contributed by atoms with Crippen LogP contribution in [0.1, 0.15) is 43.1 Å². The van der Waals surface area contributed by atoms with Crippen molar-refractivity contribution in [1.82, 2.24) is 5.32 Å². The van der Waals surface area contributed by atoms with Crippen LogP contribution in [0.4, 0.5) is 0 Å². The number of hydrogen-bond acceptors (Lipinski definition) is 4. The SMILES string of the molecule is CCC(C)(C)NC(=O)c1csc(S(N)(=O)=O)c1C. The predicted molar refractivity (Wildman–Crippen MR) is 72.3 cm³/mol.